The van der Waals surface area contributed by atoms with E-state index in [0.717, 1.165) is 0 Å². The van der Waals surface area contributed by atoms with Crippen LogP contribution in [0, 0.1) is 0 Å². The van der Waals surface area contributed by atoms with Crippen molar-refractivity contribution in [3.8, 4) is 0 Å². The number of rotatable bonds is 1. The second-order valence-electron chi connectivity index (χ2n) is 4.34. The summed E-state index contributed by atoms with van der Waals surface area (Å²) in [6.45, 7) is 8.79. The average Bonchev–Trinajstić information content (AvgIpc) is 2.04. The van der Waals surface area contributed by atoms with Gasteiger partial charge in [0, 0.05) is 0 Å². The number of hydrogen-bond acceptors (Lipinski definition) is 0. The Morgan fingerprint density at radius 1 is 1.08 bits per heavy atom. The van der Waals surface area contributed by atoms with Crippen molar-refractivity contribution in [3.05, 3.63) is 41.5 Å². The zero-order valence-electron chi connectivity index (χ0n) is 8.96. The van der Waals surface area contributed by atoms with E-state index in [-0.39, 0.29) is 5.41 Å². The van der Waals surface area contributed by atoms with Gasteiger partial charge in [-0.1, -0.05) is 57.2 Å². The standard InChI is InChI=1S/C13H18/c1-5-8-11-9-6-7-10-12(11)13(2,3)4/h5-10H,1-4H3/b8-5+. The van der Waals surface area contributed by atoms with Gasteiger partial charge >= 0.3 is 0 Å². The molecule has 0 N–H and O–H groups in total. The first-order valence-corrected chi connectivity index (χ1v) is 4.78. The lowest BCUT2D eigenvalue weighted by Crippen LogP contribution is -2.12. The first-order valence-electron chi connectivity index (χ1n) is 4.78. The van der Waals surface area contributed by atoms with Gasteiger partial charge in [-0.25, -0.2) is 0 Å². The van der Waals surface area contributed by atoms with Gasteiger partial charge in [0.25, 0.3) is 0 Å². The molecule has 0 radical (unpaired) electrons. The third-order valence-corrected chi connectivity index (χ3v) is 2.12. The molecule has 0 aromatic heterocycles. The van der Waals surface area contributed by atoms with Crippen LogP contribution in [0.3, 0.4) is 0 Å². The Labute approximate surface area is 81.3 Å². The van der Waals surface area contributed by atoms with E-state index in [0.29, 0.717) is 0 Å². The van der Waals surface area contributed by atoms with Crippen LogP contribution in [0.4, 0.5) is 0 Å². The Hall–Kier alpha value is -1.04. The van der Waals surface area contributed by atoms with Gasteiger partial charge < -0.3 is 0 Å². The largest absolute Gasteiger partial charge is 0.0871 e. The van der Waals surface area contributed by atoms with Crippen molar-refractivity contribution in [1.29, 1.82) is 0 Å². The Bertz CT molecular complexity index is 300. The summed E-state index contributed by atoms with van der Waals surface area (Å²) in [5.74, 6) is 0. The minimum Gasteiger partial charge on any atom is -0.0871 e. The lowest BCUT2D eigenvalue weighted by molar-refractivity contribution is 0.589. The van der Waals surface area contributed by atoms with Crippen LogP contribution >= 0.6 is 0 Å². The van der Waals surface area contributed by atoms with Crippen LogP contribution in [0.25, 0.3) is 6.08 Å². The van der Waals surface area contributed by atoms with E-state index in [9.17, 15) is 0 Å². The maximum absolute atomic E-state index is 2.25. The van der Waals surface area contributed by atoms with Crippen molar-refractivity contribution in [2.24, 2.45) is 0 Å². The van der Waals surface area contributed by atoms with Crippen LogP contribution in [-0.2, 0) is 5.41 Å². The fourth-order valence-corrected chi connectivity index (χ4v) is 1.50. The summed E-state index contributed by atoms with van der Waals surface area (Å²) in [5, 5.41) is 0. The molecule has 0 fully saturated rings. The van der Waals surface area contributed by atoms with Crippen molar-refractivity contribution in [3.63, 3.8) is 0 Å². The second kappa shape index (κ2) is 3.78. The smallest absolute Gasteiger partial charge is 0.0126 e. The molecule has 0 aliphatic heterocycles. The minimum absolute atomic E-state index is 0.232. The topological polar surface area (TPSA) is 0 Å². The molecule has 1 aromatic rings. The summed E-state index contributed by atoms with van der Waals surface area (Å²) in [6, 6.07) is 8.56. The summed E-state index contributed by atoms with van der Waals surface area (Å²) in [7, 11) is 0. The predicted octanol–water partition coefficient (Wildman–Crippen LogP) is 4.02. The fourth-order valence-electron chi connectivity index (χ4n) is 1.50. The van der Waals surface area contributed by atoms with Gasteiger partial charge in [0.15, 0.2) is 0 Å². The minimum atomic E-state index is 0.232. The highest BCUT2D eigenvalue weighted by molar-refractivity contribution is 5.55. The molecule has 0 aliphatic rings. The zero-order chi connectivity index (χ0) is 9.90. The summed E-state index contributed by atoms with van der Waals surface area (Å²) in [6.07, 6.45) is 4.26. The molecule has 1 aromatic carbocycles. The van der Waals surface area contributed by atoms with E-state index in [1.165, 1.54) is 11.1 Å². The summed E-state index contributed by atoms with van der Waals surface area (Å²) < 4.78 is 0. The molecule has 13 heavy (non-hydrogen) atoms. The van der Waals surface area contributed by atoms with Gasteiger partial charge in [-0.15, -0.1) is 0 Å². The molecule has 0 spiro atoms. The van der Waals surface area contributed by atoms with Gasteiger partial charge in [-0.05, 0) is 23.5 Å². The van der Waals surface area contributed by atoms with E-state index in [4.69, 9.17) is 0 Å². The molecule has 0 amide bonds. The Kier molecular flexibility index (Phi) is 2.92. The molecule has 0 aliphatic carbocycles. The molecule has 0 unspecified atom stereocenters. The zero-order valence-corrected chi connectivity index (χ0v) is 8.96. The lowest BCUT2D eigenvalue weighted by atomic mass is 9.84. The predicted molar refractivity (Wildman–Crippen MR) is 59.9 cm³/mol. The van der Waals surface area contributed by atoms with Crippen LogP contribution in [0.5, 0.6) is 0 Å². The number of allylic oxidation sites excluding steroid dienone is 1. The van der Waals surface area contributed by atoms with Crippen LogP contribution in [-0.4, -0.2) is 0 Å². The molecular weight excluding hydrogens is 156 g/mol. The summed E-state index contributed by atoms with van der Waals surface area (Å²) >= 11 is 0. The molecule has 1 rings (SSSR count). The first kappa shape index (κ1) is 10.0. The third kappa shape index (κ3) is 2.45. The highest BCUT2D eigenvalue weighted by Gasteiger charge is 2.15. The SMILES string of the molecule is C/C=C/c1ccccc1C(C)(C)C. The summed E-state index contributed by atoms with van der Waals surface area (Å²) in [5.41, 5.74) is 2.97. The highest BCUT2D eigenvalue weighted by atomic mass is 14.2. The van der Waals surface area contributed by atoms with Crippen molar-refractivity contribution in [1.82, 2.24) is 0 Å². The lowest BCUT2D eigenvalue weighted by Gasteiger charge is -2.21. The molecule has 0 nitrogen and oxygen atoms in total. The maximum Gasteiger partial charge on any atom is -0.0126 e. The van der Waals surface area contributed by atoms with Gasteiger partial charge in [-0.3, -0.25) is 0 Å². The van der Waals surface area contributed by atoms with Crippen molar-refractivity contribution in [2.75, 3.05) is 0 Å². The Balaban J connectivity index is 3.20. The maximum atomic E-state index is 2.25. The van der Waals surface area contributed by atoms with E-state index in [1.807, 2.05) is 0 Å². The summed E-state index contributed by atoms with van der Waals surface area (Å²) in [4.78, 5) is 0. The van der Waals surface area contributed by atoms with Gasteiger partial charge in [-0.2, -0.15) is 0 Å². The van der Waals surface area contributed by atoms with Gasteiger partial charge in [0.2, 0.25) is 0 Å². The molecular formula is C13H18. The van der Waals surface area contributed by atoms with Crippen LogP contribution in [0.1, 0.15) is 38.8 Å². The number of hydrogen-bond donors (Lipinski definition) is 0. The molecule has 0 heteroatoms. The molecule has 0 saturated carbocycles. The molecule has 0 bridgehead atoms. The third-order valence-electron chi connectivity index (χ3n) is 2.12. The average molecular weight is 174 g/mol. The van der Waals surface area contributed by atoms with Gasteiger partial charge in [0.1, 0.15) is 0 Å². The van der Waals surface area contributed by atoms with Crippen molar-refractivity contribution in [2.45, 2.75) is 33.1 Å². The molecule has 70 valence electrons. The molecule has 0 saturated heterocycles. The Morgan fingerprint density at radius 2 is 1.69 bits per heavy atom. The normalized spacial score (nSPS) is 12.3. The number of benzene rings is 1. The van der Waals surface area contributed by atoms with E-state index < -0.39 is 0 Å². The molecule has 0 atom stereocenters. The quantitative estimate of drug-likeness (QED) is 0.603. The van der Waals surface area contributed by atoms with E-state index in [2.05, 4.69) is 64.1 Å². The second-order valence-corrected chi connectivity index (χ2v) is 4.34. The molecule has 0 heterocycles. The Morgan fingerprint density at radius 3 is 2.23 bits per heavy atom. The van der Waals surface area contributed by atoms with E-state index in [1.54, 1.807) is 0 Å². The van der Waals surface area contributed by atoms with Crippen LogP contribution < -0.4 is 0 Å². The van der Waals surface area contributed by atoms with E-state index >= 15 is 0 Å². The fraction of sp³-hybridized carbons (Fsp3) is 0.385. The monoisotopic (exact) mass is 174 g/mol. The van der Waals surface area contributed by atoms with Crippen LogP contribution in [0.2, 0.25) is 0 Å². The van der Waals surface area contributed by atoms with Crippen molar-refractivity contribution < 1.29 is 0 Å². The van der Waals surface area contributed by atoms with Crippen molar-refractivity contribution >= 4 is 6.08 Å². The first-order chi connectivity index (χ1) is 6.05. The highest BCUT2D eigenvalue weighted by Crippen LogP contribution is 2.26. The van der Waals surface area contributed by atoms with Crippen LogP contribution in [0.15, 0.2) is 30.3 Å². The van der Waals surface area contributed by atoms with Gasteiger partial charge in [0.05, 0.1) is 0 Å².